The number of nitrogens with zero attached hydrogens (tertiary/aromatic N) is 2. The number of halogens is 1. The molecule has 2 aromatic heterocycles. The lowest BCUT2D eigenvalue weighted by Gasteiger charge is -2.11. The first-order valence-corrected chi connectivity index (χ1v) is 9.96. The van der Waals surface area contributed by atoms with Gasteiger partial charge in [0.2, 0.25) is 0 Å². The van der Waals surface area contributed by atoms with Crippen molar-refractivity contribution in [3.8, 4) is 5.69 Å². The number of benzene rings is 1. The third-order valence-corrected chi connectivity index (χ3v) is 5.86. The Hall–Kier alpha value is -2.65. The summed E-state index contributed by atoms with van der Waals surface area (Å²) < 4.78 is 14.9. The van der Waals surface area contributed by atoms with Gasteiger partial charge in [-0.15, -0.1) is 11.3 Å². The number of thioether (sulfide) groups is 1. The van der Waals surface area contributed by atoms with Gasteiger partial charge in [0.25, 0.3) is 11.8 Å². The van der Waals surface area contributed by atoms with E-state index in [0.29, 0.717) is 21.4 Å². The Balaban J connectivity index is 2.02. The van der Waals surface area contributed by atoms with E-state index >= 15 is 0 Å². The molecule has 27 heavy (non-hydrogen) atoms. The predicted octanol–water partition coefficient (Wildman–Crippen LogP) is 3.76. The number of aryl methyl sites for hydroxylation is 1. The van der Waals surface area contributed by atoms with Gasteiger partial charge in [0.05, 0.1) is 11.8 Å². The number of primary amides is 1. The van der Waals surface area contributed by atoms with E-state index in [1.165, 1.54) is 41.4 Å². The fraction of sp³-hybridized carbons (Fsp3) is 0.167. The quantitative estimate of drug-likeness (QED) is 0.634. The number of nitrogens with one attached hydrogen (secondary N) is 1. The van der Waals surface area contributed by atoms with Crippen LogP contribution in [0.5, 0.6) is 0 Å². The maximum atomic E-state index is 13.3. The summed E-state index contributed by atoms with van der Waals surface area (Å²) in [6, 6.07) is 5.78. The molecule has 9 heteroatoms. The molecule has 0 atom stereocenters. The topological polar surface area (TPSA) is 90.0 Å². The number of thiophene rings is 1. The smallest absolute Gasteiger partial charge is 0.274 e. The lowest BCUT2D eigenvalue weighted by Crippen LogP contribution is -2.19. The fourth-order valence-corrected chi connectivity index (χ4v) is 4.26. The van der Waals surface area contributed by atoms with Crippen LogP contribution in [0.1, 0.15) is 31.3 Å². The van der Waals surface area contributed by atoms with Gasteiger partial charge < -0.3 is 11.1 Å². The molecule has 0 spiro atoms. The third kappa shape index (κ3) is 3.60. The van der Waals surface area contributed by atoms with Crippen LogP contribution in [0.3, 0.4) is 0 Å². The van der Waals surface area contributed by atoms with Crippen LogP contribution >= 0.6 is 23.1 Å². The molecule has 2 amide bonds. The fourth-order valence-electron chi connectivity index (χ4n) is 2.66. The Kier molecular flexibility index (Phi) is 5.33. The van der Waals surface area contributed by atoms with Gasteiger partial charge >= 0.3 is 0 Å². The normalized spacial score (nSPS) is 10.8. The van der Waals surface area contributed by atoms with Gasteiger partial charge in [-0.2, -0.15) is 0 Å². The molecule has 0 saturated carbocycles. The zero-order valence-electron chi connectivity index (χ0n) is 14.9. The molecule has 140 valence electrons. The Morgan fingerprint density at radius 3 is 2.52 bits per heavy atom. The number of imidazole rings is 1. The number of anilines is 1. The molecule has 3 N–H and O–H groups in total. The van der Waals surface area contributed by atoms with Crippen LogP contribution in [0.15, 0.2) is 35.6 Å². The number of carbonyl (C=O) groups excluding carboxylic acids is 2. The average molecular weight is 404 g/mol. The number of hydrogen-bond donors (Lipinski definition) is 2. The van der Waals surface area contributed by atoms with Crippen LogP contribution in [-0.4, -0.2) is 27.6 Å². The summed E-state index contributed by atoms with van der Waals surface area (Å²) in [6.07, 6.45) is 3.28. The number of nitrogens with two attached hydrogens (primary N) is 1. The number of aromatic nitrogens is 2. The highest BCUT2D eigenvalue weighted by Crippen LogP contribution is 2.32. The molecule has 0 unspecified atom stereocenters. The number of rotatable bonds is 5. The van der Waals surface area contributed by atoms with Crippen LogP contribution < -0.4 is 11.1 Å². The van der Waals surface area contributed by atoms with E-state index in [4.69, 9.17) is 5.73 Å². The molecule has 0 aliphatic heterocycles. The van der Waals surface area contributed by atoms with Crippen molar-refractivity contribution in [1.82, 2.24) is 9.55 Å². The Morgan fingerprint density at radius 2 is 1.93 bits per heavy atom. The Labute approximate surface area is 163 Å². The van der Waals surface area contributed by atoms with Crippen molar-refractivity contribution in [1.29, 1.82) is 0 Å². The SMILES string of the molecule is CSc1ncc(C(=O)Nc2sc(C)c(C)c2C(N)=O)n1-c1ccc(F)cc1. The first-order chi connectivity index (χ1) is 12.8. The molecule has 0 fully saturated rings. The van der Waals surface area contributed by atoms with Gasteiger partial charge in [-0.25, -0.2) is 9.37 Å². The van der Waals surface area contributed by atoms with Crippen molar-refractivity contribution in [3.05, 3.63) is 58.0 Å². The largest absolute Gasteiger partial charge is 0.365 e. The van der Waals surface area contributed by atoms with E-state index in [1.54, 1.807) is 23.6 Å². The second kappa shape index (κ2) is 7.53. The maximum absolute atomic E-state index is 13.3. The molecular weight excluding hydrogens is 387 g/mol. The summed E-state index contributed by atoms with van der Waals surface area (Å²) in [7, 11) is 0. The highest BCUT2D eigenvalue weighted by molar-refractivity contribution is 7.98. The highest BCUT2D eigenvalue weighted by Gasteiger charge is 2.22. The zero-order valence-corrected chi connectivity index (χ0v) is 16.5. The molecule has 0 bridgehead atoms. The zero-order chi connectivity index (χ0) is 19.7. The minimum Gasteiger partial charge on any atom is -0.365 e. The Bertz CT molecular complexity index is 1020. The van der Waals surface area contributed by atoms with Gasteiger partial charge in [-0.3, -0.25) is 14.2 Å². The molecule has 0 radical (unpaired) electrons. The van der Waals surface area contributed by atoms with Gasteiger partial charge in [-0.1, -0.05) is 11.8 Å². The molecule has 0 saturated heterocycles. The number of carbonyl (C=O) groups is 2. The van der Waals surface area contributed by atoms with E-state index in [-0.39, 0.29) is 11.5 Å². The molecule has 3 rings (SSSR count). The molecule has 0 aliphatic carbocycles. The standard InChI is InChI=1S/C18H17FN4O2S2/c1-9-10(2)27-17(14(9)15(20)24)22-16(25)13-8-21-18(26-3)23(13)12-6-4-11(19)5-7-12/h4-8H,1-3H3,(H2,20,24)(H,22,25). The van der Waals surface area contributed by atoms with Gasteiger partial charge in [0, 0.05) is 10.6 Å². The summed E-state index contributed by atoms with van der Waals surface area (Å²) in [5, 5.41) is 3.75. The van der Waals surface area contributed by atoms with Crippen molar-refractivity contribution >= 4 is 39.9 Å². The first kappa shape index (κ1) is 19.1. The summed E-state index contributed by atoms with van der Waals surface area (Å²) in [6.45, 7) is 3.65. The van der Waals surface area contributed by atoms with E-state index in [2.05, 4.69) is 10.3 Å². The van der Waals surface area contributed by atoms with Gasteiger partial charge in [0.1, 0.15) is 16.5 Å². The molecule has 2 heterocycles. The minimum absolute atomic E-state index is 0.269. The highest BCUT2D eigenvalue weighted by atomic mass is 32.2. The van der Waals surface area contributed by atoms with Crippen LogP contribution in [0.4, 0.5) is 9.39 Å². The molecule has 6 nitrogen and oxygen atoms in total. The van der Waals surface area contributed by atoms with Crippen molar-refractivity contribution in [2.24, 2.45) is 5.73 Å². The molecule has 0 aliphatic rings. The average Bonchev–Trinajstić information content (AvgIpc) is 3.17. The lowest BCUT2D eigenvalue weighted by atomic mass is 10.1. The van der Waals surface area contributed by atoms with Crippen molar-refractivity contribution in [3.63, 3.8) is 0 Å². The van der Waals surface area contributed by atoms with Crippen LogP contribution in [0.25, 0.3) is 5.69 Å². The molecular formula is C18H17FN4O2S2. The van der Waals surface area contributed by atoms with Crippen LogP contribution in [0.2, 0.25) is 0 Å². The summed E-state index contributed by atoms with van der Waals surface area (Å²) in [4.78, 5) is 29.8. The monoisotopic (exact) mass is 404 g/mol. The van der Waals surface area contributed by atoms with E-state index < -0.39 is 11.8 Å². The minimum atomic E-state index is -0.594. The van der Waals surface area contributed by atoms with Crippen LogP contribution in [-0.2, 0) is 0 Å². The van der Waals surface area contributed by atoms with Crippen molar-refractivity contribution in [2.75, 3.05) is 11.6 Å². The van der Waals surface area contributed by atoms with E-state index in [1.807, 2.05) is 13.2 Å². The van der Waals surface area contributed by atoms with Gasteiger partial charge in [0.15, 0.2) is 5.16 Å². The van der Waals surface area contributed by atoms with E-state index in [9.17, 15) is 14.0 Å². The number of amides is 2. The second-order valence-corrected chi connectivity index (χ2v) is 7.75. The molecule has 3 aromatic rings. The summed E-state index contributed by atoms with van der Waals surface area (Å²) in [5.74, 6) is -1.40. The van der Waals surface area contributed by atoms with Gasteiger partial charge in [-0.05, 0) is 49.9 Å². The number of hydrogen-bond acceptors (Lipinski definition) is 5. The van der Waals surface area contributed by atoms with Crippen LogP contribution in [0, 0.1) is 19.7 Å². The Morgan fingerprint density at radius 1 is 1.26 bits per heavy atom. The van der Waals surface area contributed by atoms with E-state index in [0.717, 1.165) is 10.4 Å². The first-order valence-electron chi connectivity index (χ1n) is 7.92. The van der Waals surface area contributed by atoms with Crippen molar-refractivity contribution in [2.45, 2.75) is 19.0 Å². The third-order valence-electron chi connectivity index (χ3n) is 4.09. The lowest BCUT2D eigenvalue weighted by molar-refractivity contribution is 0.100. The van der Waals surface area contributed by atoms with Crippen molar-refractivity contribution < 1.29 is 14.0 Å². The second-order valence-electron chi connectivity index (χ2n) is 5.75. The molecule has 1 aromatic carbocycles. The summed E-state index contributed by atoms with van der Waals surface area (Å²) >= 11 is 2.65. The predicted molar refractivity (Wildman–Crippen MR) is 106 cm³/mol. The summed E-state index contributed by atoms with van der Waals surface area (Å²) in [5.41, 5.74) is 7.40. The maximum Gasteiger partial charge on any atom is 0.274 e.